The highest BCUT2D eigenvalue weighted by Gasteiger charge is 2.48. The number of aromatic nitrogens is 4. The predicted molar refractivity (Wildman–Crippen MR) is 166 cm³/mol. The van der Waals surface area contributed by atoms with Crippen molar-refractivity contribution < 1.29 is 14.7 Å². The largest absolute Gasteiger partial charge is 0.505 e. The molecule has 1 aliphatic rings. The summed E-state index contributed by atoms with van der Waals surface area (Å²) in [5.41, 5.74) is 6.67. The average Bonchev–Trinajstić information content (AvgIpc) is 3.68. The molecule has 2 aromatic carbocycles. The van der Waals surface area contributed by atoms with Gasteiger partial charge in [0.25, 0.3) is 5.78 Å². The van der Waals surface area contributed by atoms with Gasteiger partial charge in [-0.25, -0.2) is 4.98 Å². The van der Waals surface area contributed by atoms with Gasteiger partial charge in [-0.05, 0) is 55.5 Å². The second kappa shape index (κ2) is 11.2. The van der Waals surface area contributed by atoms with Gasteiger partial charge in [0, 0.05) is 11.9 Å². The third-order valence-corrected chi connectivity index (χ3v) is 9.67. The average molecular weight is 596 g/mol. The number of fused-ring (bicyclic) bond motifs is 1. The molecule has 212 valence electrons. The molecule has 6 rings (SSSR count). The fraction of sp³-hybridized carbons (Fsp3) is 0.219. The van der Waals surface area contributed by atoms with Gasteiger partial charge in [0.05, 0.1) is 17.3 Å². The molecule has 1 fully saturated rings. The third kappa shape index (κ3) is 4.90. The van der Waals surface area contributed by atoms with Gasteiger partial charge in [0.15, 0.2) is 10.1 Å². The number of aryl methyl sites for hydroxylation is 4. The lowest BCUT2D eigenvalue weighted by Crippen LogP contribution is -2.29. The number of ketones is 1. The Morgan fingerprint density at radius 1 is 0.976 bits per heavy atom. The Morgan fingerprint density at radius 2 is 1.69 bits per heavy atom. The number of carbonyl (C=O) groups is 2. The fourth-order valence-corrected chi connectivity index (χ4v) is 6.97. The Hall–Kier alpha value is -4.28. The van der Waals surface area contributed by atoms with Crippen LogP contribution in [-0.4, -0.2) is 36.4 Å². The topological polar surface area (TPSA) is 101 Å². The number of imidazole rings is 1. The SMILES string of the molecule is CCc1ccc(C2C(=C(O)c3nc4c(C)cccn4c3C)C(=O)C(=O)N2c2nnc(SCc3ccc(C)cc3)s2)cc1. The van der Waals surface area contributed by atoms with Crippen molar-refractivity contribution in [3.8, 4) is 0 Å². The lowest BCUT2D eigenvalue weighted by atomic mass is 9.95. The minimum atomic E-state index is -0.885. The van der Waals surface area contributed by atoms with Crippen molar-refractivity contribution in [1.29, 1.82) is 0 Å². The van der Waals surface area contributed by atoms with E-state index in [0.717, 1.165) is 23.1 Å². The molecule has 1 N–H and O–H groups in total. The number of aliphatic hydroxyl groups is 1. The summed E-state index contributed by atoms with van der Waals surface area (Å²) in [7, 11) is 0. The molecule has 3 aromatic heterocycles. The molecular formula is C32H29N5O3S2. The zero-order valence-electron chi connectivity index (χ0n) is 23.7. The summed E-state index contributed by atoms with van der Waals surface area (Å²) in [4.78, 5) is 33.3. The molecule has 1 unspecified atom stereocenters. The van der Waals surface area contributed by atoms with E-state index in [1.807, 2.05) is 67.8 Å². The van der Waals surface area contributed by atoms with E-state index in [1.165, 1.54) is 33.6 Å². The molecule has 10 heteroatoms. The van der Waals surface area contributed by atoms with E-state index in [-0.39, 0.29) is 17.0 Å². The molecule has 1 saturated heterocycles. The molecular weight excluding hydrogens is 567 g/mol. The first-order chi connectivity index (χ1) is 20.3. The van der Waals surface area contributed by atoms with E-state index in [2.05, 4.69) is 46.4 Å². The van der Waals surface area contributed by atoms with E-state index < -0.39 is 17.7 Å². The summed E-state index contributed by atoms with van der Waals surface area (Å²) in [5.74, 6) is -1.15. The number of anilines is 1. The molecule has 1 amide bonds. The van der Waals surface area contributed by atoms with Gasteiger partial charge >= 0.3 is 5.91 Å². The Labute approximate surface area is 251 Å². The number of benzene rings is 2. The molecule has 0 bridgehead atoms. The molecule has 0 saturated carbocycles. The number of nitrogens with zero attached hydrogens (tertiary/aromatic N) is 5. The van der Waals surface area contributed by atoms with Crippen molar-refractivity contribution in [3.05, 3.63) is 112 Å². The molecule has 1 aliphatic heterocycles. The van der Waals surface area contributed by atoms with E-state index in [4.69, 9.17) is 0 Å². The number of aliphatic hydroxyl groups excluding tert-OH is 1. The minimum Gasteiger partial charge on any atom is -0.505 e. The van der Waals surface area contributed by atoms with Crippen LogP contribution in [0.15, 0.2) is 76.8 Å². The van der Waals surface area contributed by atoms with Crippen molar-refractivity contribution >= 4 is 51.3 Å². The van der Waals surface area contributed by atoms with E-state index in [9.17, 15) is 14.7 Å². The highest BCUT2D eigenvalue weighted by Crippen LogP contribution is 2.44. The first kappa shape index (κ1) is 27.9. The molecule has 1 atom stereocenters. The van der Waals surface area contributed by atoms with Gasteiger partial charge in [-0.2, -0.15) is 0 Å². The summed E-state index contributed by atoms with van der Waals surface area (Å²) in [6, 6.07) is 19.0. The highest BCUT2D eigenvalue weighted by atomic mass is 32.2. The quantitative estimate of drug-likeness (QED) is 0.0745. The molecule has 0 radical (unpaired) electrons. The fourth-order valence-electron chi connectivity index (χ4n) is 5.14. The van der Waals surface area contributed by atoms with Gasteiger partial charge in [-0.15, -0.1) is 10.2 Å². The summed E-state index contributed by atoms with van der Waals surface area (Å²) in [6.45, 7) is 7.88. The summed E-state index contributed by atoms with van der Waals surface area (Å²) in [5, 5.41) is 20.6. The molecule has 5 aromatic rings. The summed E-state index contributed by atoms with van der Waals surface area (Å²) >= 11 is 2.77. The zero-order valence-corrected chi connectivity index (χ0v) is 25.3. The lowest BCUT2D eigenvalue weighted by Gasteiger charge is -2.22. The van der Waals surface area contributed by atoms with Gasteiger partial charge in [-0.3, -0.25) is 14.5 Å². The number of amides is 1. The van der Waals surface area contributed by atoms with Gasteiger partial charge < -0.3 is 9.51 Å². The molecule has 42 heavy (non-hydrogen) atoms. The second-order valence-electron chi connectivity index (χ2n) is 10.3. The maximum absolute atomic E-state index is 13.7. The first-order valence-corrected chi connectivity index (χ1v) is 15.4. The summed E-state index contributed by atoms with van der Waals surface area (Å²) in [6.07, 6.45) is 2.70. The van der Waals surface area contributed by atoms with E-state index in [0.29, 0.717) is 32.1 Å². The Kier molecular flexibility index (Phi) is 7.42. The number of hydrogen-bond donors (Lipinski definition) is 1. The Morgan fingerprint density at radius 3 is 2.38 bits per heavy atom. The number of carbonyl (C=O) groups excluding carboxylic acids is 2. The van der Waals surface area contributed by atoms with Crippen molar-refractivity contribution in [1.82, 2.24) is 19.6 Å². The van der Waals surface area contributed by atoms with Crippen molar-refractivity contribution in [3.63, 3.8) is 0 Å². The van der Waals surface area contributed by atoms with E-state index in [1.54, 1.807) is 0 Å². The van der Waals surface area contributed by atoms with Gasteiger partial charge in [-0.1, -0.05) is 90.2 Å². The predicted octanol–water partition coefficient (Wildman–Crippen LogP) is 6.59. The summed E-state index contributed by atoms with van der Waals surface area (Å²) < 4.78 is 2.55. The second-order valence-corrected chi connectivity index (χ2v) is 12.5. The number of rotatable bonds is 7. The van der Waals surface area contributed by atoms with Crippen LogP contribution in [0.3, 0.4) is 0 Å². The van der Waals surface area contributed by atoms with Crippen LogP contribution in [0.5, 0.6) is 0 Å². The van der Waals surface area contributed by atoms with Crippen LogP contribution in [0, 0.1) is 20.8 Å². The van der Waals surface area contributed by atoms with Crippen molar-refractivity contribution in [2.45, 2.75) is 50.3 Å². The third-order valence-electron chi connectivity index (χ3n) is 7.54. The van der Waals surface area contributed by atoms with Crippen molar-refractivity contribution in [2.24, 2.45) is 0 Å². The maximum Gasteiger partial charge on any atom is 0.301 e. The number of Topliss-reactive ketones (excluding diaryl/α,β-unsaturated/α-hetero) is 1. The minimum absolute atomic E-state index is 0.0162. The van der Waals surface area contributed by atoms with Gasteiger partial charge in [0.2, 0.25) is 5.13 Å². The van der Waals surface area contributed by atoms with Gasteiger partial charge in [0.1, 0.15) is 11.3 Å². The highest BCUT2D eigenvalue weighted by molar-refractivity contribution is 8.00. The number of thioether (sulfide) groups is 1. The maximum atomic E-state index is 13.7. The smallest absolute Gasteiger partial charge is 0.301 e. The number of hydrogen-bond acceptors (Lipinski definition) is 8. The van der Waals surface area contributed by atoms with Crippen LogP contribution in [0.1, 0.15) is 52.2 Å². The van der Waals surface area contributed by atoms with Crippen LogP contribution >= 0.6 is 23.1 Å². The molecule has 0 aliphatic carbocycles. The van der Waals surface area contributed by atoms with Crippen molar-refractivity contribution in [2.75, 3.05) is 4.90 Å². The van der Waals surface area contributed by atoms with Crippen LogP contribution in [0.25, 0.3) is 11.4 Å². The standard InChI is InChI=1S/C32H29N5O3S2/c1-5-21-12-14-23(15-13-21)26-24(27(38)25-20(4)36-16-6-7-19(3)29(36)33-25)28(39)30(40)37(26)31-34-35-32(42-31)41-17-22-10-8-18(2)9-11-22/h6-16,26,38H,5,17H2,1-4H3. The molecule has 4 heterocycles. The zero-order chi connectivity index (χ0) is 29.5. The molecule has 8 nitrogen and oxygen atoms in total. The number of pyridine rings is 1. The Balaban J connectivity index is 1.43. The van der Waals surface area contributed by atoms with Crippen LogP contribution in [0.4, 0.5) is 5.13 Å². The monoisotopic (exact) mass is 595 g/mol. The van der Waals surface area contributed by atoms with Crippen LogP contribution in [-0.2, 0) is 21.8 Å². The normalized spacial score (nSPS) is 16.6. The van der Waals surface area contributed by atoms with E-state index >= 15 is 0 Å². The lowest BCUT2D eigenvalue weighted by molar-refractivity contribution is -0.132. The van der Waals surface area contributed by atoms with Crippen LogP contribution < -0.4 is 4.90 Å². The molecule has 0 spiro atoms. The Bertz CT molecular complexity index is 1860. The van der Waals surface area contributed by atoms with Crippen LogP contribution in [0.2, 0.25) is 0 Å². The first-order valence-electron chi connectivity index (χ1n) is 13.6.